The first-order valence-corrected chi connectivity index (χ1v) is 11.4. The summed E-state index contributed by atoms with van der Waals surface area (Å²) in [6, 6.07) is 8.49. The van der Waals surface area contributed by atoms with Gasteiger partial charge in [-0.3, -0.25) is 34.4 Å². The summed E-state index contributed by atoms with van der Waals surface area (Å²) in [7, 11) is 0. The van der Waals surface area contributed by atoms with Crippen LogP contribution in [0, 0.1) is 0 Å². The van der Waals surface area contributed by atoms with E-state index in [-0.39, 0.29) is 25.1 Å². The van der Waals surface area contributed by atoms with E-state index in [1.807, 2.05) is 30.3 Å². The lowest BCUT2D eigenvalue weighted by atomic mass is 10.0. The van der Waals surface area contributed by atoms with Crippen molar-refractivity contribution in [3.8, 4) is 11.4 Å². The maximum absolute atomic E-state index is 13.3. The van der Waals surface area contributed by atoms with Gasteiger partial charge < -0.3 is 9.42 Å². The van der Waals surface area contributed by atoms with Crippen LogP contribution in [-0.2, 0) is 25.7 Å². The lowest BCUT2D eigenvalue weighted by Crippen LogP contribution is -2.55. The monoisotopic (exact) mass is 472 g/mol. The van der Waals surface area contributed by atoms with E-state index >= 15 is 0 Å². The predicted molar refractivity (Wildman–Crippen MR) is 120 cm³/mol. The van der Waals surface area contributed by atoms with Crippen LogP contribution in [0.25, 0.3) is 22.3 Å². The number of amides is 4. The number of nitrogens with zero attached hydrogens (tertiary/aromatic N) is 5. The molecule has 3 aromatic rings. The van der Waals surface area contributed by atoms with E-state index in [0.717, 1.165) is 21.4 Å². The van der Waals surface area contributed by atoms with Crippen molar-refractivity contribution in [1.82, 2.24) is 30.2 Å². The van der Waals surface area contributed by atoms with Crippen molar-refractivity contribution in [2.45, 2.75) is 38.3 Å². The van der Waals surface area contributed by atoms with Crippen molar-refractivity contribution >= 4 is 34.5 Å². The van der Waals surface area contributed by atoms with Crippen LogP contribution in [0.1, 0.15) is 31.6 Å². The highest BCUT2D eigenvalue weighted by molar-refractivity contribution is 6.21. The molecular weight excluding hydrogens is 452 g/mol. The van der Waals surface area contributed by atoms with Crippen LogP contribution in [-0.4, -0.2) is 61.1 Å². The molecule has 176 valence electrons. The zero-order valence-corrected chi connectivity index (χ0v) is 18.6. The summed E-state index contributed by atoms with van der Waals surface area (Å²) in [5, 5.41) is 7.25. The zero-order valence-electron chi connectivity index (χ0n) is 18.6. The van der Waals surface area contributed by atoms with Crippen molar-refractivity contribution < 1.29 is 23.7 Å². The lowest BCUT2D eigenvalue weighted by Gasteiger charge is -2.29. The van der Waals surface area contributed by atoms with Gasteiger partial charge in [0, 0.05) is 35.7 Å². The van der Waals surface area contributed by atoms with Gasteiger partial charge in [0.1, 0.15) is 11.7 Å². The Balaban J connectivity index is 1.24. The summed E-state index contributed by atoms with van der Waals surface area (Å²) >= 11 is 0. The fraction of sp³-hybridized carbons (Fsp3) is 0.292. The average Bonchev–Trinajstić information content (AvgIpc) is 3.42. The van der Waals surface area contributed by atoms with Crippen LogP contribution in [0.4, 0.5) is 0 Å². The first-order valence-electron chi connectivity index (χ1n) is 11.4. The van der Waals surface area contributed by atoms with Crippen LogP contribution >= 0.6 is 0 Å². The van der Waals surface area contributed by atoms with Crippen molar-refractivity contribution in [1.29, 1.82) is 0 Å². The van der Waals surface area contributed by atoms with Crippen molar-refractivity contribution in [2.75, 3.05) is 6.54 Å². The summed E-state index contributed by atoms with van der Waals surface area (Å²) in [5.74, 6) is -1.31. The molecule has 1 saturated heterocycles. The highest BCUT2D eigenvalue weighted by atomic mass is 16.5. The smallest absolute Gasteiger partial charge is 0.278 e. The molecule has 0 spiro atoms. The second-order valence-corrected chi connectivity index (χ2v) is 8.72. The number of fused-ring (bicyclic) bond motifs is 1. The van der Waals surface area contributed by atoms with Crippen LogP contribution in [0.15, 0.2) is 52.3 Å². The normalized spacial score (nSPS) is 20.6. The Kier molecular flexibility index (Phi) is 4.90. The third-order valence-electron chi connectivity index (χ3n) is 6.53. The summed E-state index contributed by atoms with van der Waals surface area (Å²) in [5.41, 5.74) is 2.28. The highest BCUT2D eigenvalue weighted by Crippen LogP contribution is 2.34. The van der Waals surface area contributed by atoms with Crippen molar-refractivity contribution in [3.05, 3.63) is 53.7 Å². The van der Waals surface area contributed by atoms with Crippen LogP contribution in [0.5, 0.6) is 0 Å². The Morgan fingerprint density at radius 1 is 1.09 bits per heavy atom. The number of piperidine rings is 1. The number of carbonyl (C=O) groups is 4. The molecule has 1 unspecified atom stereocenters. The van der Waals surface area contributed by atoms with Gasteiger partial charge in [-0.05, 0) is 43.5 Å². The van der Waals surface area contributed by atoms with E-state index in [2.05, 4.69) is 20.4 Å². The SMILES string of the molecule is O=C1CCC(N2C(=O)C3=C(C2=O)N(Cc2nc(-c4ccc5ncccc5c4)no2)CCC3)C(=O)N1. The number of nitrogens with one attached hydrogen (secondary N) is 1. The fourth-order valence-electron chi connectivity index (χ4n) is 4.88. The second-order valence-electron chi connectivity index (χ2n) is 8.72. The van der Waals surface area contributed by atoms with Crippen LogP contribution in [0.3, 0.4) is 0 Å². The average molecular weight is 472 g/mol. The standard InChI is InChI=1S/C24H20N6O5/c31-18-8-7-17(22(32)26-18)30-23(33)15-4-2-10-29(20(15)24(30)34)12-19-27-21(28-35-19)14-5-6-16-13(11-14)3-1-9-25-16/h1,3,5-6,9,11,17H,2,4,7-8,10,12H2,(H,26,31,32). The number of imide groups is 2. The number of rotatable bonds is 4. The van der Waals surface area contributed by atoms with E-state index < -0.39 is 29.7 Å². The van der Waals surface area contributed by atoms with Gasteiger partial charge in [0.05, 0.1) is 12.1 Å². The number of carbonyl (C=O) groups excluding carboxylic acids is 4. The molecule has 0 bridgehead atoms. The van der Waals surface area contributed by atoms with E-state index in [1.165, 1.54) is 0 Å². The minimum Gasteiger partial charge on any atom is -0.357 e. The lowest BCUT2D eigenvalue weighted by molar-refractivity contribution is -0.150. The topological polar surface area (TPSA) is 139 Å². The second kappa shape index (κ2) is 8.12. The Hall–Kier alpha value is -4.41. The number of aromatic nitrogens is 3. The van der Waals surface area contributed by atoms with Gasteiger partial charge >= 0.3 is 0 Å². The Labute approximate surface area is 198 Å². The molecule has 0 saturated carbocycles. The van der Waals surface area contributed by atoms with Gasteiger partial charge in [0.25, 0.3) is 11.8 Å². The summed E-state index contributed by atoms with van der Waals surface area (Å²) in [6.45, 7) is 0.684. The zero-order chi connectivity index (χ0) is 24.1. The molecule has 3 aliphatic rings. The molecule has 3 aliphatic heterocycles. The van der Waals surface area contributed by atoms with Gasteiger partial charge in [0.15, 0.2) is 0 Å². The molecule has 11 nitrogen and oxygen atoms in total. The van der Waals surface area contributed by atoms with Crippen LogP contribution in [0.2, 0.25) is 0 Å². The molecule has 35 heavy (non-hydrogen) atoms. The molecule has 0 radical (unpaired) electrons. The molecule has 6 rings (SSSR count). The number of hydrogen-bond acceptors (Lipinski definition) is 9. The van der Waals surface area contributed by atoms with E-state index in [4.69, 9.17) is 4.52 Å². The van der Waals surface area contributed by atoms with Crippen LogP contribution < -0.4 is 5.32 Å². The quantitative estimate of drug-likeness (QED) is 0.557. The summed E-state index contributed by atoms with van der Waals surface area (Å²) < 4.78 is 5.46. The molecule has 5 heterocycles. The third-order valence-corrected chi connectivity index (χ3v) is 6.53. The van der Waals surface area contributed by atoms with E-state index in [0.29, 0.717) is 36.7 Å². The fourth-order valence-corrected chi connectivity index (χ4v) is 4.88. The Morgan fingerprint density at radius 3 is 2.83 bits per heavy atom. The van der Waals surface area contributed by atoms with Gasteiger partial charge in [-0.15, -0.1) is 0 Å². The molecule has 1 N–H and O–H groups in total. The first-order chi connectivity index (χ1) is 17.0. The molecule has 4 amide bonds. The van der Waals surface area contributed by atoms with E-state index in [1.54, 1.807) is 11.1 Å². The Morgan fingerprint density at radius 2 is 1.97 bits per heavy atom. The number of pyridine rings is 1. The molecule has 0 aliphatic carbocycles. The van der Waals surface area contributed by atoms with Gasteiger partial charge in [-0.25, -0.2) is 0 Å². The van der Waals surface area contributed by atoms with Crippen molar-refractivity contribution in [3.63, 3.8) is 0 Å². The minimum absolute atomic E-state index is 0.0808. The molecule has 11 heteroatoms. The molecular formula is C24H20N6O5. The van der Waals surface area contributed by atoms with Gasteiger partial charge in [0.2, 0.25) is 23.5 Å². The predicted octanol–water partition coefficient (Wildman–Crippen LogP) is 1.31. The molecule has 1 fully saturated rings. The Bertz CT molecular complexity index is 1440. The van der Waals surface area contributed by atoms with Crippen molar-refractivity contribution in [2.24, 2.45) is 0 Å². The first kappa shape index (κ1) is 21.1. The maximum atomic E-state index is 13.3. The third kappa shape index (κ3) is 3.56. The van der Waals surface area contributed by atoms with Gasteiger partial charge in [-0.2, -0.15) is 4.98 Å². The van der Waals surface area contributed by atoms with E-state index in [9.17, 15) is 19.2 Å². The summed E-state index contributed by atoms with van der Waals surface area (Å²) in [4.78, 5) is 61.8. The highest BCUT2D eigenvalue weighted by Gasteiger charge is 2.48. The number of hydrogen-bond donors (Lipinski definition) is 1. The molecule has 1 aromatic carbocycles. The summed E-state index contributed by atoms with van der Waals surface area (Å²) in [6.07, 6.45) is 3.04. The minimum atomic E-state index is -0.988. The maximum Gasteiger partial charge on any atom is 0.278 e. The number of benzene rings is 1. The van der Waals surface area contributed by atoms with Gasteiger partial charge in [-0.1, -0.05) is 11.2 Å². The molecule has 1 atom stereocenters. The molecule has 2 aromatic heterocycles. The largest absolute Gasteiger partial charge is 0.357 e.